The van der Waals surface area contributed by atoms with Crippen LogP contribution in [0.3, 0.4) is 0 Å². The summed E-state index contributed by atoms with van der Waals surface area (Å²) in [6, 6.07) is 28.8. The maximum Gasteiger partial charge on any atom is 0.435 e. The van der Waals surface area contributed by atoms with Crippen LogP contribution in [0.25, 0.3) is 28.1 Å². The zero-order valence-corrected chi connectivity index (χ0v) is 21.3. The van der Waals surface area contributed by atoms with E-state index in [0.29, 0.717) is 28.3 Å². The van der Waals surface area contributed by atoms with Crippen molar-refractivity contribution in [1.82, 2.24) is 9.78 Å². The van der Waals surface area contributed by atoms with Gasteiger partial charge in [0.2, 0.25) is 0 Å². The minimum atomic E-state index is -4.64. The van der Waals surface area contributed by atoms with Crippen molar-refractivity contribution in [2.75, 3.05) is 12.4 Å². The number of carbonyl (C=O) groups is 1. The fourth-order valence-corrected chi connectivity index (χ4v) is 4.35. The van der Waals surface area contributed by atoms with Crippen LogP contribution < -0.4 is 10.1 Å². The van der Waals surface area contributed by atoms with Gasteiger partial charge >= 0.3 is 6.18 Å². The van der Waals surface area contributed by atoms with Crippen LogP contribution >= 0.6 is 11.6 Å². The van der Waals surface area contributed by atoms with E-state index in [0.717, 1.165) is 21.9 Å². The van der Waals surface area contributed by atoms with Crippen LogP contribution in [0.5, 0.6) is 5.75 Å². The molecule has 5 rings (SSSR count). The molecule has 0 aliphatic heterocycles. The van der Waals surface area contributed by atoms with Crippen LogP contribution in [0.15, 0.2) is 103 Å². The van der Waals surface area contributed by atoms with Crippen LogP contribution in [-0.2, 0) is 6.18 Å². The van der Waals surface area contributed by atoms with E-state index < -0.39 is 17.8 Å². The number of benzene rings is 4. The Morgan fingerprint density at radius 3 is 2.21 bits per heavy atom. The number of carbonyl (C=O) groups excluding carboxylic acids is 1. The van der Waals surface area contributed by atoms with Gasteiger partial charge in [-0.15, -0.1) is 0 Å². The van der Waals surface area contributed by atoms with E-state index in [1.807, 2.05) is 42.5 Å². The number of rotatable bonds is 6. The highest BCUT2D eigenvalue weighted by Crippen LogP contribution is 2.35. The third-order valence-corrected chi connectivity index (χ3v) is 6.40. The normalized spacial score (nSPS) is 11.3. The van der Waals surface area contributed by atoms with Gasteiger partial charge in [-0.3, -0.25) is 4.79 Å². The fraction of sp³-hybridized carbons (Fsp3) is 0.0667. The Balaban J connectivity index is 0.00000370. The number of alkyl halides is 3. The fourth-order valence-electron chi connectivity index (χ4n) is 4.14. The summed E-state index contributed by atoms with van der Waals surface area (Å²) < 4.78 is 47.1. The van der Waals surface area contributed by atoms with Crippen LogP contribution in [0.1, 0.15) is 17.5 Å². The number of amides is 1. The third-order valence-electron chi connectivity index (χ3n) is 6.08. The Labute approximate surface area is 228 Å². The van der Waals surface area contributed by atoms with E-state index in [4.69, 9.17) is 16.3 Å². The highest BCUT2D eigenvalue weighted by atomic mass is 35.5. The molecule has 1 N–H and O–H groups in total. The SMILES string of the molecule is COc1ccc(-c2ccccc2)cc1NC(=O)c1ccc(-c2cc(C(F)(F)F)nn2-c2ccccc2Cl)cc1.[HH]. The lowest BCUT2D eigenvalue weighted by atomic mass is 10.0. The minimum absolute atomic E-state index is 0. The quantitative estimate of drug-likeness (QED) is 0.231. The Morgan fingerprint density at radius 2 is 1.54 bits per heavy atom. The average Bonchev–Trinajstić information content (AvgIpc) is 3.40. The zero-order chi connectivity index (χ0) is 27.6. The third kappa shape index (κ3) is 5.51. The van der Waals surface area contributed by atoms with Gasteiger partial charge in [0, 0.05) is 12.6 Å². The minimum Gasteiger partial charge on any atom is -0.495 e. The first-order chi connectivity index (χ1) is 18.7. The summed E-state index contributed by atoms with van der Waals surface area (Å²) in [6.45, 7) is 0. The van der Waals surface area contributed by atoms with E-state index >= 15 is 0 Å². The largest absolute Gasteiger partial charge is 0.495 e. The molecular weight excluding hydrogens is 527 g/mol. The van der Waals surface area contributed by atoms with Gasteiger partial charge in [-0.2, -0.15) is 18.3 Å². The van der Waals surface area contributed by atoms with Gasteiger partial charge in [0.05, 0.1) is 29.2 Å². The first-order valence-corrected chi connectivity index (χ1v) is 12.2. The van der Waals surface area contributed by atoms with Crippen molar-refractivity contribution in [1.29, 1.82) is 0 Å². The molecule has 4 aromatic carbocycles. The molecule has 0 spiro atoms. The number of methoxy groups -OCH3 is 1. The van der Waals surface area contributed by atoms with Crippen molar-refractivity contribution in [3.8, 4) is 33.8 Å². The molecule has 0 saturated carbocycles. The van der Waals surface area contributed by atoms with Gasteiger partial charge in [-0.1, -0.05) is 72.3 Å². The number of ether oxygens (including phenoxy) is 1. The van der Waals surface area contributed by atoms with E-state index in [-0.39, 0.29) is 12.1 Å². The van der Waals surface area contributed by atoms with Gasteiger partial charge in [-0.05, 0) is 53.6 Å². The van der Waals surface area contributed by atoms with Gasteiger partial charge in [0.1, 0.15) is 5.75 Å². The molecule has 0 saturated heterocycles. The molecule has 0 unspecified atom stereocenters. The summed E-state index contributed by atoms with van der Waals surface area (Å²) in [5.74, 6) is 0.0867. The number of hydrogen-bond acceptors (Lipinski definition) is 3. The summed E-state index contributed by atoms with van der Waals surface area (Å²) in [5.41, 5.74) is 2.54. The second kappa shape index (κ2) is 10.7. The average molecular weight is 550 g/mol. The van der Waals surface area contributed by atoms with E-state index in [1.54, 1.807) is 42.5 Å². The van der Waals surface area contributed by atoms with Gasteiger partial charge < -0.3 is 10.1 Å². The molecular formula is C30H23ClF3N3O2. The Bertz CT molecular complexity index is 1640. The molecule has 5 nitrogen and oxygen atoms in total. The summed E-state index contributed by atoms with van der Waals surface area (Å²) in [4.78, 5) is 13.1. The molecule has 0 bridgehead atoms. The van der Waals surface area contributed by atoms with Crippen molar-refractivity contribution in [3.63, 3.8) is 0 Å². The second-order valence-electron chi connectivity index (χ2n) is 8.59. The highest BCUT2D eigenvalue weighted by Gasteiger charge is 2.35. The molecule has 0 fully saturated rings. The number of para-hydroxylation sites is 1. The lowest BCUT2D eigenvalue weighted by molar-refractivity contribution is -0.141. The molecule has 0 aliphatic rings. The van der Waals surface area contributed by atoms with Gasteiger partial charge in [0.15, 0.2) is 5.69 Å². The monoisotopic (exact) mass is 549 g/mol. The maximum atomic E-state index is 13.5. The first-order valence-electron chi connectivity index (χ1n) is 11.8. The number of aromatic nitrogens is 2. The molecule has 0 aliphatic carbocycles. The topological polar surface area (TPSA) is 56.1 Å². The lowest BCUT2D eigenvalue weighted by Crippen LogP contribution is -2.12. The molecule has 0 radical (unpaired) electrons. The lowest BCUT2D eigenvalue weighted by Gasteiger charge is -2.13. The predicted molar refractivity (Wildman–Crippen MR) is 148 cm³/mol. The van der Waals surface area contributed by atoms with Crippen molar-refractivity contribution >= 4 is 23.2 Å². The van der Waals surface area contributed by atoms with Crippen LogP contribution in [0.4, 0.5) is 18.9 Å². The molecule has 1 aromatic heterocycles. The summed E-state index contributed by atoms with van der Waals surface area (Å²) in [7, 11) is 1.51. The van der Waals surface area contributed by atoms with Crippen LogP contribution in [0, 0.1) is 0 Å². The molecule has 5 aromatic rings. The first kappa shape index (κ1) is 26.1. The standard InChI is InChI=1S/C30H21ClF3N3O2.H2/c1-39-27-16-15-22(19-7-3-2-4-8-19)17-24(27)35-29(38)21-13-11-20(12-14-21)26-18-28(30(32,33)34)36-37(26)25-10-6-5-9-23(25)31;/h2-18H,1H3,(H,35,38);1H. The second-order valence-corrected chi connectivity index (χ2v) is 9.00. The Morgan fingerprint density at radius 1 is 0.872 bits per heavy atom. The number of halogens is 4. The van der Waals surface area contributed by atoms with Crippen LogP contribution in [0.2, 0.25) is 5.02 Å². The van der Waals surface area contributed by atoms with Crippen molar-refractivity contribution in [2.45, 2.75) is 6.18 Å². The smallest absolute Gasteiger partial charge is 0.435 e. The molecule has 0 atom stereocenters. The highest BCUT2D eigenvalue weighted by molar-refractivity contribution is 6.32. The zero-order valence-electron chi connectivity index (χ0n) is 20.5. The number of hydrogen-bond donors (Lipinski definition) is 1. The molecule has 39 heavy (non-hydrogen) atoms. The van der Waals surface area contributed by atoms with Gasteiger partial charge in [0.25, 0.3) is 5.91 Å². The number of anilines is 1. The van der Waals surface area contributed by atoms with Gasteiger partial charge in [-0.25, -0.2) is 4.68 Å². The maximum absolute atomic E-state index is 13.5. The molecule has 198 valence electrons. The van der Waals surface area contributed by atoms with E-state index in [2.05, 4.69) is 10.4 Å². The van der Waals surface area contributed by atoms with Crippen LogP contribution in [-0.4, -0.2) is 22.8 Å². The number of nitrogens with one attached hydrogen (secondary N) is 1. The summed E-state index contributed by atoms with van der Waals surface area (Å²) in [6.07, 6.45) is -4.64. The summed E-state index contributed by atoms with van der Waals surface area (Å²) in [5, 5.41) is 6.89. The summed E-state index contributed by atoms with van der Waals surface area (Å²) >= 11 is 6.26. The van der Waals surface area contributed by atoms with E-state index in [9.17, 15) is 18.0 Å². The Kier molecular flexibility index (Phi) is 7.13. The molecule has 1 heterocycles. The molecule has 1 amide bonds. The van der Waals surface area contributed by atoms with Crippen molar-refractivity contribution in [2.24, 2.45) is 0 Å². The van der Waals surface area contributed by atoms with E-state index in [1.165, 1.54) is 19.2 Å². The molecule has 9 heteroatoms. The van der Waals surface area contributed by atoms with Crippen molar-refractivity contribution < 1.29 is 24.1 Å². The predicted octanol–water partition coefficient (Wildman–Crippen LogP) is 8.39. The van der Waals surface area contributed by atoms with Crippen molar-refractivity contribution in [3.05, 3.63) is 119 Å². The number of nitrogens with zero attached hydrogens (tertiary/aromatic N) is 2. The Hall–Kier alpha value is -4.56.